The van der Waals surface area contributed by atoms with Crippen LogP contribution in [-0.4, -0.2) is 16.6 Å². The van der Waals surface area contributed by atoms with E-state index in [0.717, 1.165) is 29.1 Å². The summed E-state index contributed by atoms with van der Waals surface area (Å²) >= 11 is 1.64. The van der Waals surface area contributed by atoms with Crippen LogP contribution >= 0.6 is 11.3 Å². The monoisotopic (exact) mass is 248 g/mol. The molecule has 1 aromatic heterocycles. The van der Waals surface area contributed by atoms with Crippen LogP contribution in [-0.2, 0) is 12.8 Å². The molecule has 0 saturated heterocycles. The van der Waals surface area contributed by atoms with Crippen molar-refractivity contribution in [3.63, 3.8) is 0 Å². The largest absolute Gasteiger partial charge is 0.508 e. The average Bonchev–Trinajstić information content (AvgIpc) is 2.77. The van der Waals surface area contributed by atoms with Gasteiger partial charge in [-0.05, 0) is 25.5 Å². The molecule has 2 rings (SSSR count). The third-order valence-corrected chi connectivity index (χ3v) is 3.47. The van der Waals surface area contributed by atoms with Crippen molar-refractivity contribution >= 4 is 11.3 Å². The zero-order valence-corrected chi connectivity index (χ0v) is 10.4. The minimum Gasteiger partial charge on any atom is -0.508 e. The predicted molar refractivity (Wildman–Crippen MR) is 70.4 cm³/mol. The lowest BCUT2D eigenvalue weighted by Gasteiger charge is -2.00. The fourth-order valence-electron chi connectivity index (χ4n) is 1.65. The molecule has 0 saturated carbocycles. The molecule has 0 radical (unpaired) electrons. The molecule has 0 aliphatic heterocycles. The van der Waals surface area contributed by atoms with Gasteiger partial charge in [-0.1, -0.05) is 18.2 Å². The zero-order valence-electron chi connectivity index (χ0n) is 9.60. The summed E-state index contributed by atoms with van der Waals surface area (Å²) in [7, 11) is 0. The Morgan fingerprint density at radius 2 is 2.12 bits per heavy atom. The third-order valence-electron chi connectivity index (χ3n) is 2.57. The maximum absolute atomic E-state index is 9.68. The molecule has 0 aliphatic rings. The maximum atomic E-state index is 9.68. The molecular weight excluding hydrogens is 232 g/mol. The molecule has 17 heavy (non-hydrogen) atoms. The molecule has 3 nitrogen and oxygen atoms in total. The van der Waals surface area contributed by atoms with Crippen molar-refractivity contribution in [1.29, 1.82) is 0 Å². The minimum atomic E-state index is 0.339. The highest BCUT2D eigenvalue weighted by atomic mass is 32.1. The van der Waals surface area contributed by atoms with E-state index in [-0.39, 0.29) is 0 Å². The second-order valence-electron chi connectivity index (χ2n) is 3.93. The molecule has 0 bridgehead atoms. The molecule has 4 heteroatoms. The van der Waals surface area contributed by atoms with E-state index in [2.05, 4.69) is 10.4 Å². The smallest absolute Gasteiger partial charge is 0.119 e. The van der Waals surface area contributed by atoms with Gasteiger partial charge in [0.25, 0.3) is 0 Å². The van der Waals surface area contributed by atoms with E-state index in [4.69, 9.17) is 5.73 Å². The number of benzene rings is 1. The van der Waals surface area contributed by atoms with Gasteiger partial charge in [0.1, 0.15) is 5.75 Å². The summed E-state index contributed by atoms with van der Waals surface area (Å²) in [6.45, 7) is 0.701. The number of nitrogens with two attached hydrogens (primary N) is 1. The molecule has 0 amide bonds. The second-order valence-corrected chi connectivity index (χ2v) is 4.87. The van der Waals surface area contributed by atoms with Crippen molar-refractivity contribution in [2.75, 3.05) is 6.54 Å². The number of nitrogens with zero attached hydrogens (tertiary/aromatic N) is 1. The molecular formula is C13H16N2OS. The fourth-order valence-corrected chi connectivity index (χ4v) is 2.50. The van der Waals surface area contributed by atoms with Gasteiger partial charge >= 0.3 is 0 Å². The van der Waals surface area contributed by atoms with Gasteiger partial charge in [-0.2, -0.15) is 0 Å². The number of phenols is 1. The van der Waals surface area contributed by atoms with E-state index in [1.165, 1.54) is 0 Å². The highest BCUT2D eigenvalue weighted by molar-refractivity contribution is 7.09. The summed E-state index contributed by atoms with van der Waals surface area (Å²) < 4.78 is 0. The first-order valence-corrected chi connectivity index (χ1v) is 6.58. The quantitative estimate of drug-likeness (QED) is 0.853. The molecule has 0 unspecified atom stereocenters. The van der Waals surface area contributed by atoms with Gasteiger partial charge in [-0.25, -0.2) is 4.98 Å². The van der Waals surface area contributed by atoms with Crippen LogP contribution in [0.1, 0.15) is 22.7 Å². The molecule has 3 N–H and O–H groups in total. The summed E-state index contributed by atoms with van der Waals surface area (Å²) in [5.41, 5.74) is 7.50. The van der Waals surface area contributed by atoms with Gasteiger partial charge in [0, 0.05) is 17.4 Å². The highest BCUT2D eigenvalue weighted by Crippen LogP contribution is 2.21. The lowest BCUT2D eigenvalue weighted by atomic mass is 10.1. The number of para-hydroxylation sites is 1. The van der Waals surface area contributed by atoms with Gasteiger partial charge in [0.05, 0.1) is 10.7 Å². The number of aromatic nitrogens is 1. The number of hydrogen-bond donors (Lipinski definition) is 2. The number of rotatable bonds is 5. The Bertz CT molecular complexity index is 482. The Morgan fingerprint density at radius 3 is 2.88 bits per heavy atom. The van der Waals surface area contributed by atoms with Crippen LogP contribution in [0.4, 0.5) is 0 Å². The van der Waals surface area contributed by atoms with Crippen molar-refractivity contribution < 1.29 is 5.11 Å². The van der Waals surface area contributed by atoms with Gasteiger partial charge in [0.15, 0.2) is 0 Å². The first kappa shape index (κ1) is 12.1. The van der Waals surface area contributed by atoms with Crippen LogP contribution in [0.15, 0.2) is 29.6 Å². The Morgan fingerprint density at radius 1 is 1.29 bits per heavy atom. The summed E-state index contributed by atoms with van der Waals surface area (Å²) in [5.74, 6) is 0.339. The molecule has 0 spiro atoms. The molecule has 0 atom stereocenters. The maximum Gasteiger partial charge on any atom is 0.119 e. The van der Waals surface area contributed by atoms with Crippen LogP contribution in [0.5, 0.6) is 5.75 Å². The summed E-state index contributed by atoms with van der Waals surface area (Å²) in [6.07, 6.45) is 2.60. The number of aryl methyl sites for hydroxylation is 1. The number of phenolic OH excluding ortho intramolecular Hbond substituents is 1. The van der Waals surface area contributed by atoms with Gasteiger partial charge in [0.2, 0.25) is 0 Å². The van der Waals surface area contributed by atoms with Gasteiger partial charge in [-0.3, -0.25) is 0 Å². The van der Waals surface area contributed by atoms with Gasteiger partial charge in [-0.15, -0.1) is 11.3 Å². The van der Waals surface area contributed by atoms with Crippen LogP contribution in [0.25, 0.3) is 0 Å². The lowest BCUT2D eigenvalue weighted by molar-refractivity contribution is 0.469. The number of aromatic hydroxyl groups is 1. The molecule has 2 aromatic rings. The Labute approximate surface area is 105 Å². The molecule has 0 fully saturated rings. The van der Waals surface area contributed by atoms with Crippen molar-refractivity contribution in [3.05, 3.63) is 45.9 Å². The molecule has 0 aliphatic carbocycles. The normalized spacial score (nSPS) is 10.6. The molecule has 1 heterocycles. The first-order valence-electron chi connectivity index (χ1n) is 5.70. The second kappa shape index (κ2) is 5.80. The van der Waals surface area contributed by atoms with Crippen molar-refractivity contribution in [3.8, 4) is 5.75 Å². The van der Waals surface area contributed by atoms with Gasteiger partial charge < -0.3 is 10.8 Å². The Balaban J connectivity index is 2.04. The minimum absolute atomic E-state index is 0.339. The third kappa shape index (κ3) is 3.28. The standard InChI is InChI=1S/C13H16N2OS/c14-7-3-5-11-9-17-13(15-11)8-10-4-1-2-6-12(10)16/h1-2,4,6,9,16H,3,5,7-8,14H2. The van der Waals surface area contributed by atoms with Crippen LogP contribution in [0.3, 0.4) is 0 Å². The van der Waals surface area contributed by atoms with Crippen molar-refractivity contribution in [2.24, 2.45) is 5.73 Å². The highest BCUT2D eigenvalue weighted by Gasteiger charge is 2.05. The van der Waals surface area contributed by atoms with Crippen LogP contribution in [0, 0.1) is 0 Å². The average molecular weight is 248 g/mol. The van der Waals surface area contributed by atoms with E-state index < -0.39 is 0 Å². The Hall–Kier alpha value is -1.39. The fraction of sp³-hybridized carbons (Fsp3) is 0.308. The lowest BCUT2D eigenvalue weighted by Crippen LogP contribution is -2.00. The van der Waals surface area contributed by atoms with E-state index in [0.29, 0.717) is 18.7 Å². The van der Waals surface area contributed by atoms with E-state index in [1.54, 1.807) is 17.4 Å². The number of hydrogen-bond acceptors (Lipinski definition) is 4. The first-order chi connectivity index (χ1) is 8.29. The Kier molecular flexibility index (Phi) is 4.12. The van der Waals surface area contributed by atoms with Crippen molar-refractivity contribution in [1.82, 2.24) is 4.98 Å². The molecule has 90 valence electrons. The van der Waals surface area contributed by atoms with E-state index in [1.807, 2.05) is 18.2 Å². The number of thiazole rings is 1. The van der Waals surface area contributed by atoms with E-state index >= 15 is 0 Å². The van der Waals surface area contributed by atoms with Crippen LogP contribution < -0.4 is 5.73 Å². The predicted octanol–water partition coefficient (Wildman–Crippen LogP) is 2.33. The summed E-state index contributed by atoms with van der Waals surface area (Å²) in [5, 5.41) is 12.8. The summed E-state index contributed by atoms with van der Waals surface area (Å²) in [4.78, 5) is 4.54. The van der Waals surface area contributed by atoms with Crippen molar-refractivity contribution in [2.45, 2.75) is 19.3 Å². The zero-order chi connectivity index (χ0) is 12.1. The van der Waals surface area contributed by atoms with E-state index in [9.17, 15) is 5.11 Å². The SMILES string of the molecule is NCCCc1csc(Cc2ccccc2O)n1. The molecule has 1 aromatic carbocycles. The summed E-state index contributed by atoms with van der Waals surface area (Å²) in [6, 6.07) is 7.39. The topological polar surface area (TPSA) is 59.1 Å². The van der Waals surface area contributed by atoms with Crippen LogP contribution in [0.2, 0.25) is 0 Å².